The van der Waals surface area contributed by atoms with Crippen LogP contribution in [0, 0.1) is 0 Å². The van der Waals surface area contributed by atoms with Crippen molar-refractivity contribution in [3.05, 3.63) is 33.3 Å². The molecular formula is C8H5BrClF3O. The van der Waals surface area contributed by atoms with E-state index >= 15 is 0 Å². The molecule has 0 aliphatic carbocycles. The second-order valence-electron chi connectivity index (χ2n) is 2.61. The maximum Gasteiger partial charge on any atom is 0.418 e. The van der Waals surface area contributed by atoms with E-state index in [1.807, 2.05) is 0 Å². The van der Waals surface area contributed by atoms with Gasteiger partial charge in [-0.1, -0.05) is 33.6 Å². The minimum atomic E-state index is -4.70. The van der Waals surface area contributed by atoms with Crippen molar-refractivity contribution >= 4 is 27.5 Å². The van der Waals surface area contributed by atoms with Crippen LogP contribution < -0.4 is 0 Å². The topological polar surface area (TPSA) is 20.2 Å². The molecule has 6 heteroatoms. The molecule has 1 aromatic rings. The van der Waals surface area contributed by atoms with E-state index in [-0.39, 0.29) is 10.6 Å². The highest BCUT2D eigenvalue weighted by atomic mass is 79.9. The van der Waals surface area contributed by atoms with Crippen LogP contribution in [0.15, 0.2) is 22.7 Å². The van der Waals surface area contributed by atoms with E-state index in [1.165, 1.54) is 12.1 Å². The maximum atomic E-state index is 12.1. The van der Waals surface area contributed by atoms with Crippen LogP contribution in [0.4, 0.5) is 13.2 Å². The Morgan fingerprint density at radius 2 is 1.93 bits per heavy atom. The Bertz CT molecular complexity index is 340. The Morgan fingerprint density at radius 3 is 2.36 bits per heavy atom. The summed E-state index contributed by atoms with van der Waals surface area (Å²) in [7, 11) is 0. The first-order valence-corrected chi connectivity index (χ1v) is 4.69. The van der Waals surface area contributed by atoms with E-state index < -0.39 is 12.3 Å². The van der Waals surface area contributed by atoms with Crippen LogP contribution in [-0.4, -0.2) is 11.3 Å². The van der Waals surface area contributed by atoms with Crippen LogP contribution in [-0.2, 0) is 0 Å². The Labute approximate surface area is 91.6 Å². The molecule has 14 heavy (non-hydrogen) atoms. The molecule has 1 nitrogen and oxygen atoms in total. The fourth-order valence-corrected chi connectivity index (χ4v) is 1.68. The molecule has 1 atom stereocenters. The molecule has 0 aliphatic heterocycles. The molecule has 0 fully saturated rings. The van der Waals surface area contributed by atoms with Crippen LogP contribution >= 0.6 is 27.5 Å². The summed E-state index contributed by atoms with van der Waals surface area (Å²) in [5.41, 5.74) is -0.345. The molecule has 0 radical (unpaired) electrons. The van der Waals surface area contributed by atoms with Crippen molar-refractivity contribution in [3.63, 3.8) is 0 Å². The van der Waals surface area contributed by atoms with Crippen LogP contribution in [0.3, 0.4) is 0 Å². The number of benzene rings is 1. The van der Waals surface area contributed by atoms with Crippen molar-refractivity contribution in [1.29, 1.82) is 0 Å². The molecule has 1 N–H and O–H groups in total. The van der Waals surface area contributed by atoms with Crippen molar-refractivity contribution < 1.29 is 18.3 Å². The van der Waals surface area contributed by atoms with E-state index in [0.717, 1.165) is 6.07 Å². The first kappa shape index (κ1) is 11.8. The quantitative estimate of drug-likeness (QED) is 0.836. The highest BCUT2D eigenvalue weighted by molar-refractivity contribution is 9.10. The lowest BCUT2D eigenvalue weighted by atomic mass is 10.1. The molecule has 0 spiro atoms. The van der Waals surface area contributed by atoms with Gasteiger partial charge in [0.25, 0.3) is 0 Å². The van der Waals surface area contributed by atoms with Crippen molar-refractivity contribution in [1.82, 2.24) is 0 Å². The predicted octanol–water partition coefficient (Wildman–Crippen LogP) is 3.70. The number of rotatable bonds is 1. The fourth-order valence-electron chi connectivity index (χ4n) is 0.900. The standard InChI is InChI=1S/C8H5BrClF3O/c9-4-1-2-5(6(10)3-4)7(14)8(11,12)13/h1-3,7,14H. The third-order valence-corrected chi connectivity index (χ3v) is 2.39. The molecule has 0 aliphatic rings. The van der Waals surface area contributed by atoms with Crippen molar-refractivity contribution in [2.24, 2.45) is 0 Å². The van der Waals surface area contributed by atoms with E-state index in [9.17, 15) is 13.2 Å². The average Bonchev–Trinajstić information content (AvgIpc) is 2.01. The van der Waals surface area contributed by atoms with Gasteiger partial charge in [0.05, 0.1) is 0 Å². The number of hydrogen-bond donors (Lipinski definition) is 1. The highest BCUT2D eigenvalue weighted by Crippen LogP contribution is 2.36. The molecular weight excluding hydrogens is 284 g/mol. The van der Waals surface area contributed by atoms with Gasteiger partial charge in [-0.2, -0.15) is 13.2 Å². The normalized spacial score (nSPS) is 14.1. The lowest BCUT2D eigenvalue weighted by Crippen LogP contribution is -2.20. The van der Waals surface area contributed by atoms with Gasteiger partial charge in [0, 0.05) is 15.1 Å². The van der Waals surface area contributed by atoms with Crippen molar-refractivity contribution in [2.75, 3.05) is 0 Å². The zero-order chi connectivity index (χ0) is 10.9. The fraction of sp³-hybridized carbons (Fsp3) is 0.250. The molecule has 1 aromatic carbocycles. The summed E-state index contributed by atoms with van der Waals surface area (Å²) in [5.74, 6) is 0. The summed E-state index contributed by atoms with van der Waals surface area (Å²) in [6.45, 7) is 0. The van der Waals surface area contributed by atoms with Gasteiger partial charge in [-0.05, 0) is 12.1 Å². The lowest BCUT2D eigenvalue weighted by Gasteiger charge is -2.15. The van der Waals surface area contributed by atoms with Gasteiger partial charge in [-0.25, -0.2) is 0 Å². The summed E-state index contributed by atoms with van der Waals surface area (Å²) in [5, 5.41) is 8.78. The Morgan fingerprint density at radius 1 is 1.36 bits per heavy atom. The number of aliphatic hydroxyl groups excluding tert-OH is 1. The summed E-state index contributed by atoms with van der Waals surface area (Å²) >= 11 is 8.59. The smallest absolute Gasteiger partial charge is 0.379 e. The second kappa shape index (κ2) is 4.08. The third kappa shape index (κ3) is 2.62. The van der Waals surface area contributed by atoms with Crippen molar-refractivity contribution in [3.8, 4) is 0 Å². The number of aliphatic hydroxyl groups is 1. The van der Waals surface area contributed by atoms with Gasteiger partial charge in [-0.3, -0.25) is 0 Å². The number of halogens is 5. The van der Waals surface area contributed by atoms with E-state index in [2.05, 4.69) is 15.9 Å². The van der Waals surface area contributed by atoms with E-state index in [0.29, 0.717) is 4.47 Å². The molecule has 0 aromatic heterocycles. The van der Waals surface area contributed by atoms with E-state index in [1.54, 1.807) is 0 Å². The summed E-state index contributed by atoms with van der Waals surface area (Å²) in [6.07, 6.45) is -7.24. The van der Waals surface area contributed by atoms with Gasteiger partial charge < -0.3 is 5.11 Å². The number of hydrogen-bond acceptors (Lipinski definition) is 1. The van der Waals surface area contributed by atoms with Gasteiger partial charge in [0.1, 0.15) is 0 Å². The maximum absolute atomic E-state index is 12.1. The molecule has 0 saturated carbocycles. The van der Waals surface area contributed by atoms with Crippen LogP contribution in [0.5, 0.6) is 0 Å². The van der Waals surface area contributed by atoms with Gasteiger partial charge >= 0.3 is 6.18 Å². The second-order valence-corrected chi connectivity index (χ2v) is 3.93. The zero-order valence-electron chi connectivity index (χ0n) is 6.65. The largest absolute Gasteiger partial charge is 0.418 e. The first-order valence-electron chi connectivity index (χ1n) is 3.52. The monoisotopic (exact) mass is 288 g/mol. The summed E-state index contributed by atoms with van der Waals surface area (Å²) in [6, 6.07) is 3.81. The number of alkyl halides is 3. The Kier molecular flexibility index (Phi) is 3.44. The zero-order valence-corrected chi connectivity index (χ0v) is 8.99. The molecule has 0 bridgehead atoms. The minimum absolute atomic E-state index is 0.121. The van der Waals surface area contributed by atoms with Gasteiger partial charge in [0.2, 0.25) is 0 Å². The molecule has 0 heterocycles. The first-order chi connectivity index (χ1) is 6.32. The third-order valence-electron chi connectivity index (χ3n) is 1.57. The molecule has 1 unspecified atom stereocenters. The molecule has 78 valence electrons. The summed E-state index contributed by atoms with van der Waals surface area (Å²) < 4.78 is 36.8. The van der Waals surface area contributed by atoms with Gasteiger partial charge in [0.15, 0.2) is 6.10 Å². The summed E-state index contributed by atoms with van der Waals surface area (Å²) in [4.78, 5) is 0. The predicted molar refractivity (Wildman–Crippen MR) is 50.2 cm³/mol. The lowest BCUT2D eigenvalue weighted by molar-refractivity contribution is -0.206. The van der Waals surface area contributed by atoms with Crippen LogP contribution in [0.2, 0.25) is 5.02 Å². The average molecular weight is 289 g/mol. The van der Waals surface area contributed by atoms with E-state index in [4.69, 9.17) is 16.7 Å². The molecule has 1 rings (SSSR count). The van der Waals surface area contributed by atoms with Crippen LogP contribution in [0.25, 0.3) is 0 Å². The minimum Gasteiger partial charge on any atom is -0.379 e. The molecule has 0 amide bonds. The van der Waals surface area contributed by atoms with Gasteiger partial charge in [-0.15, -0.1) is 0 Å². The molecule has 0 saturated heterocycles. The SMILES string of the molecule is OC(c1ccc(Br)cc1Cl)C(F)(F)F. The van der Waals surface area contributed by atoms with Crippen LogP contribution in [0.1, 0.15) is 11.7 Å². The highest BCUT2D eigenvalue weighted by Gasteiger charge is 2.40. The Balaban J connectivity index is 3.08. The van der Waals surface area contributed by atoms with Crippen molar-refractivity contribution in [2.45, 2.75) is 12.3 Å². The Hall–Kier alpha value is -0.260.